The standard InChI is InChI=1S/C85H156N2O/c1-5-9-13-17-21-25-29-33-37-41-45-49-53-57-61-68-77-86(78-69-62-58-54-50-46-42-38-34-30-26-22-18-14-10-6-2)83-76-72-75-82(85(88)81-73-66-65-67-74-81)84(83)87(79-70-63-59-55-51-47-43-39-35-31-27-23-19-15-11-7-3)80-71-64-60-56-52-48-44-40-36-32-28-24-20-16-12-8-4/h65-67,72-76H,5-64,68-71,77-80H2,1-4H3. The van der Waals surface area contributed by atoms with Gasteiger partial charge in [0.2, 0.25) is 0 Å². The van der Waals surface area contributed by atoms with Gasteiger partial charge in [0.25, 0.3) is 0 Å². The van der Waals surface area contributed by atoms with Crippen molar-refractivity contribution in [2.24, 2.45) is 0 Å². The zero-order valence-corrected chi connectivity index (χ0v) is 60.5. The highest BCUT2D eigenvalue weighted by Gasteiger charge is 2.24. The third kappa shape index (κ3) is 49.4. The molecule has 88 heavy (non-hydrogen) atoms. The number of nitrogens with zero attached hydrogens (tertiary/aromatic N) is 2. The summed E-state index contributed by atoms with van der Waals surface area (Å²) in [5.41, 5.74) is 4.36. The number of carbonyl (C=O) groups excluding carboxylic acids is 1. The summed E-state index contributed by atoms with van der Waals surface area (Å²) in [6, 6.07) is 17.2. The maximum Gasteiger partial charge on any atom is 0.195 e. The maximum absolute atomic E-state index is 15.0. The van der Waals surface area contributed by atoms with E-state index in [9.17, 15) is 4.79 Å². The van der Waals surface area contributed by atoms with Gasteiger partial charge in [-0.3, -0.25) is 4.79 Å². The van der Waals surface area contributed by atoms with Crippen LogP contribution in [0.1, 0.15) is 455 Å². The Kier molecular flexibility index (Phi) is 61.5. The summed E-state index contributed by atoms with van der Waals surface area (Å²) >= 11 is 0. The van der Waals surface area contributed by atoms with Gasteiger partial charge >= 0.3 is 0 Å². The Bertz CT molecular complexity index is 1620. The van der Waals surface area contributed by atoms with E-state index in [-0.39, 0.29) is 5.78 Å². The number of rotatable bonds is 72. The first kappa shape index (κ1) is 81.8. The molecule has 0 unspecified atom stereocenters. The van der Waals surface area contributed by atoms with Gasteiger partial charge in [0.05, 0.1) is 11.4 Å². The third-order valence-corrected chi connectivity index (χ3v) is 20.1. The largest absolute Gasteiger partial charge is 0.370 e. The highest BCUT2D eigenvalue weighted by molar-refractivity contribution is 6.14. The normalized spacial score (nSPS) is 11.6. The number of hydrogen-bond donors (Lipinski definition) is 0. The molecule has 0 aromatic heterocycles. The molecule has 0 atom stereocenters. The second-order valence-corrected chi connectivity index (χ2v) is 28.6. The van der Waals surface area contributed by atoms with Crippen molar-refractivity contribution >= 4 is 17.2 Å². The van der Waals surface area contributed by atoms with Gasteiger partial charge in [-0.05, 0) is 37.8 Å². The summed E-state index contributed by atoms with van der Waals surface area (Å²) in [6.45, 7) is 13.6. The number of ketones is 1. The summed E-state index contributed by atoms with van der Waals surface area (Å²) in [4.78, 5) is 20.5. The van der Waals surface area contributed by atoms with Crippen molar-refractivity contribution in [3.63, 3.8) is 0 Å². The van der Waals surface area contributed by atoms with Crippen LogP contribution >= 0.6 is 0 Å². The fraction of sp³-hybridized carbons (Fsp3) is 0.847. The van der Waals surface area contributed by atoms with Gasteiger partial charge in [-0.2, -0.15) is 0 Å². The van der Waals surface area contributed by atoms with E-state index >= 15 is 0 Å². The van der Waals surface area contributed by atoms with Crippen LogP contribution in [0.4, 0.5) is 11.4 Å². The highest BCUT2D eigenvalue weighted by atomic mass is 16.1. The molecule has 0 aliphatic heterocycles. The number of hydrogen-bond acceptors (Lipinski definition) is 3. The molecule has 0 aliphatic carbocycles. The van der Waals surface area contributed by atoms with Crippen molar-refractivity contribution in [2.45, 2.75) is 439 Å². The average Bonchev–Trinajstić information content (AvgIpc) is 1.46. The second kappa shape index (κ2) is 66.2. The molecule has 0 saturated heterocycles. The molecule has 0 spiro atoms. The summed E-state index contributed by atoms with van der Waals surface area (Å²) in [5, 5.41) is 0. The Hall–Kier alpha value is -2.29. The molecule has 512 valence electrons. The van der Waals surface area contributed by atoms with E-state index in [0.717, 1.165) is 37.3 Å². The van der Waals surface area contributed by atoms with Crippen LogP contribution in [0.2, 0.25) is 0 Å². The van der Waals surface area contributed by atoms with Gasteiger partial charge in [0, 0.05) is 37.3 Å². The minimum Gasteiger partial charge on any atom is -0.370 e. The SMILES string of the molecule is CCCCCCCCCCCCCCCCCCN(CCCCCCCCCCCCCCCCCC)c1cccc(C(=O)c2ccccc2)c1N(CCCCCCCCCCCCCCCCCC)CCCCCCCCCCCCCCCCCC. The number of anilines is 2. The van der Waals surface area contributed by atoms with Crippen molar-refractivity contribution in [3.8, 4) is 0 Å². The van der Waals surface area contributed by atoms with Crippen LogP contribution in [0, 0.1) is 0 Å². The smallest absolute Gasteiger partial charge is 0.195 e. The maximum atomic E-state index is 15.0. The van der Waals surface area contributed by atoms with Gasteiger partial charge in [-0.15, -0.1) is 0 Å². The molecule has 0 aliphatic rings. The topological polar surface area (TPSA) is 23.6 Å². The first-order valence-corrected chi connectivity index (χ1v) is 40.9. The second-order valence-electron chi connectivity index (χ2n) is 28.6. The molecule has 3 heteroatoms. The van der Waals surface area contributed by atoms with Gasteiger partial charge < -0.3 is 9.80 Å². The molecule has 0 fully saturated rings. The molecule has 0 heterocycles. The van der Waals surface area contributed by atoms with E-state index in [2.05, 4.69) is 86.0 Å². The monoisotopic (exact) mass is 1220 g/mol. The fourth-order valence-corrected chi connectivity index (χ4v) is 14.1. The molecule has 2 rings (SSSR count). The predicted octanol–water partition coefficient (Wildman–Crippen LogP) is 29.6. The quantitative estimate of drug-likeness (QED) is 0.0487. The molecule has 3 nitrogen and oxygen atoms in total. The summed E-state index contributed by atoms with van der Waals surface area (Å²) in [5.74, 6) is 0.200. The van der Waals surface area contributed by atoms with Crippen molar-refractivity contribution < 1.29 is 4.79 Å². The highest BCUT2D eigenvalue weighted by Crippen LogP contribution is 2.37. The molecule has 2 aromatic rings. The zero-order chi connectivity index (χ0) is 62.8. The molecular weight excluding hydrogens is 1060 g/mol. The van der Waals surface area contributed by atoms with E-state index in [0.29, 0.717) is 0 Å². The Morgan fingerprint density at radius 2 is 0.432 bits per heavy atom. The third-order valence-electron chi connectivity index (χ3n) is 20.1. The fourth-order valence-electron chi connectivity index (χ4n) is 14.1. The predicted molar refractivity (Wildman–Crippen MR) is 399 cm³/mol. The summed E-state index contributed by atoms with van der Waals surface area (Å²) in [7, 11) is 0. The van der Waals surface area contributed by atoms with E-state index in [1.807, 2.05) is 0 Å². The number of carbonyl (C=O) groups is 1. The lowest BCUT2D eigenvalue weighted by atomic mass is 9.98. The zero-order valence-electron chi connectivity index (χ0n) is 60.5. The lowest BCUT2D eigenvalue weighted by Gasteiger charge is -2.34. The van der Waals surface area contributed by atoms with E-state index in [1.54, 1.807) is 0 Å². The summed E-state index contributed by atoms with van der Waals surface area (Å²) < 4.78 is 0. The molecule has 0 radical (unpaired) electrons. The van der Waals surface area contributed by atoms with Crippen molar-refractivity contribution in [1.29, 1.82) is 0 Å². The van der Waals surface area contributed by atoms with Crippen LogP contribution in [0.15, 0.2) is 48.5 Å². The minimum absolute atomic E-state index is 0.200. The Morgan fingerprint density at radius 3 is 0.659 bits per heavy atom. The Labute approximate surface area is 553 Å². The Morgan fingerprint density at radius 1 is 0.227 bits per heavy atom. The van der Waals surface area contributed by atoms with Crippen LogP contribution < -0.4 is 9.80 Å². The lowest BCUT2D eigenvalue weighted by molar-refractivity contribution is 0.103. The van der Waals surface area contributed by atoms with Crippen LogP contribution in [-0.2, 0) is 0 Å². The van der Waals surface area contributed by atoms with Crippen molar-refractivity contribution in [1.82, 2.24) is 0 Å². The van der Waals surface area contributed by atoms with E-state index < -0.39 is 0 Å². The molecule has 0 amide bonds. The molecule has 2 aromatic carbocycles. The number of unbranched alkanes of at least 4 members (excludes halogenated alkanes) is 60. The van der Waals surface area contributed by atoms with Gasteiger partial charge in [-0.1, -0.05) is 449 Å². The Balaban J connectivity index is 2.17. The van der Waals surface area contributed by atoms with Crippen molar-refractivity contribution in [3.05, 3.63) is 59.7 Å². The molecule has 0 N–H and O–H groups in total. The minimum atomic E-state index is 0.200. The van der Waals surface area contributed by atoms with Crippen LogP contribution in [0.5, 0.6) is 0 Å². The number of para-hydroxylation sites is 1. The first-order chi connectivity index (χ1) is 43.7. The van der Waals surface area contributed by atoms with E-state index in [4.69, 9.17) is 0 Å². The number of benzene rings is 2. The van der Waals surface area contributed by atoms with Gasteiger partial charge in [0.1, 0.15) is 0 Å². The molecule has 0 saturated carbocycles. The van der Waals surface area contributed by atoms with Gasteiger partial charge in [-0.25, -0.2) is 0 Å². The van der Waals surface area contributed by atoms with Gasteiger partial charge in [0.15, 0.2) is 5.78 Å². The summed E-state index contributed by atoms with van der Waals surface area (Å²) in [6.07, 6.45) is 89.5. The average molecular weight is 1220 g/mol. The molecular formula is C85H156N2O. The van der Waals surface area contributed by atoms with Crippen LogP contribution in [-0.4, -0.2) is 32.0 Å². The van der Waals surface area contributed by atoms with Crippen LogP contribution in [0.3, 0.4) is 0 Å². The first-order valence-electron chi connectivity index (χ1n) is 40.9. The molecule has 0 bridgehead atoms. The lowest BCUT2D eigenvalue weighted by Crippen LogP contribution is -2.33. The van der Waals surface area contributed by atoms with Crippen molar-refractivity contribution in [2.75, 3.05) is 36.0 Å². The van der Waals surface area contributed by atoms with E-state index in [1.165, 1.54) is 422 Å². The van der Waals surface area contributed by atoms with Crippen LogP contribution in [0.25, 0.3) is 0 Å².